The molecule has 0 saturated carbocycles. The fourth-order valence-corrected chi connectivity index (χ4v) is 7.45. The van der Waals surface area contributed by atoms with Crippen LogP contribution in [0, 0.1) is 0 Å². The summed E-state index contributed by atoms with van der Waals surface area (Å²) in [6.07, 6.45) is 0. The van der Waals surface area contributed by atoms with Crippen LogP contribution in [0.25, 0.3) is 0 Å². The maximum atomic E-state index is 12.1. The van der Waals surface area contributed by atoms with E-state index in [9.17, 15) is 64.8 Å². The Morgan fingerprint density at radius 1 is 0.478 bits per heavy atom. The van der Waals surface area contributed by atoms with E-state index in [0.29, 0.717) is 0 Å². The summed E-state index contributed by atoms with van der Waals surface area (Å²) >= 11 is 0. The quantitative estimate of drug-likeness (QED) is 0.399. The summed E-state index contributed by atoms with van der Waals surface area (Å²) in [5.74, 6) is 0. The summed E-state index contributed by atoms with van der Waals surface area (Å²) in [7, 11) is -23.8. The predicted molar refractivity (Wildman–Crippen MR) is 64.1 cm³/mol. The molecule has 6 nitrogen and oxygen atoms in total. The summed E-state index contributed by atoms with van der Waals surface area (Å²) < 4.78 is 167. The highest BCUT2D eigenvalue weighted by atomic mass is 127. The molecule has 0 rings (SSSR count). The Kier molecular flexibility index (Phi) is 6.96. The zero-order valence-electron chi connectivity index (χ0n) is 9.56. The van der Waals surface area contributed by atoms with E-state index in [1.165, 1.54) is 0 Å². The number of rotatable bonds is 3. The largest absolute Gasteiger partial charge is 0.499 e. The van der Waals surface area contributed by atoms with Crippen LogP contribution in [0.1, 0.15) is 0 Å². The van der Waals surface area contributed by atoms with Crippen molar-refractivity contribution >= 4 is 53.5 Å². The highest BCUT2D eigenvalue weighted by molar-refractivity contribution is 14.0. The van der Waals surface area contributed by atoms with Gasteiger partial charge in [-0.2, -0.15) is 39.5 Å². The van der Waals surface area contributed by atoms with Crippen LogP contribution in [0.3, 0.4) is 0 Å². The van der Waals surface area contributed by atoms with Crippen molar-refractivity contribution in [3.63, 3.8) is 0 Å². The summed E-state index contributed by atoms with van der Waals surface area (Å²) in [5.41, 5.74) is -21.1. The van der Waals surface area contributed by atoms with Gasteiger partial charge in [0.05, 0.1) is 0 Å². The first-order valence-electron chi connectivity index (χ1n) is 4.02. The third kappa shape index (κ3) is 4.32. The van der Waals surface area contributed by atoms with Crippen LogP contribution >= 0.6 is 24.0 Å². The van der Waals surface area contributed by atoms with Crippen molar-refractivity contribution in [2.24, 2.45) is 0 Å². The van der Waals surface area contributed by atoms with Crippen molar-refractivity contribution < 1.29 is 64.8 Å². The fourth-order valence-electron chi connectivity index (χ4n) is 0.828. The molecule has 0 amide bonds. The standard InChI is InChI=1S/C4HF9O6S3.HI/c5-2(6,7)20(14,15)1(21(16,17)3(8,9)10)22(18,19)4(11,12)13;/h1H;1H. The van der Waals surface area contributed by atoms with Gasteiger partial charge in [-0.05, 0) is 0 Å². The SMILES string of the molecule is I.O=S(=O)(C(S(=O)(=O)C(F)(F)F)S(=O)(=O)C(F)(F)F)C(F)(F)F. The van der Waals surface area contributed by atoms with Crippen molar-refractivity contribution in [2.45, 2.75) is 20.4 Å². The zero-order valence-corrected chi connectivity index (χ0v) is 14.3. The van der Waals surface area contributed by atoms with Gasteiger partial charge >= 0.3 is 16.5 Å². The predicted octanol–water partition coefficient (Wildman–Crippen LogP) is 1.69. The fraction of sp³-hybridized carbons (Fsp3) is 1.00. The first-order chi connectivity index (χ1) is 9.12. The first kappa shape index (κ1) is 25.2. The second-order valence-electron chi connectivity index (χ2n) is 3.26. The molecule has 0 aromatic carbocycles. The molecule has 0 heterocycles. The molecule has 0 bridgehead atoms. The van der Waals surface area contributed by atoms with E-state index in [-0.39, 0.29) is 24.0 Å². The minimum atomic E-state index is -7.94. The third-order valence-electron chi connectivity index (χ3n) is 1.73. The molecule has 0 aromatic heterocycles. The van der Waals surface area contributed by atoms with Crippen molar-refractivity contribution in [1.29, 1.82) is 0 Å². The minimum Gasteiger partial charge on any atom is -0.217 e. The number of hydrogen-bond donors (Lipinski definition) is 0. The molecule has 0 fully saturated rings. The summed E-state index contributed by atoms with van der Waals surface area (Å²) in [6, 6.07) is 0. The molecule has 0 aliphatic heterocycles. The molecule has 19 heteroatoms. The van der Waals surface area contributed by atoms with Crippen LogP contribution in [0.5, 0.6) is 0 Å². The summed E-state index contributed by atoms with van der Waals surface area (Å²) in [6.45, 7) is 0. The third-order valence-corrected chi connectivity index (χ3v) is 9.74. The maximum Gasteiger partial charge on any atom is 0.499 e. The summed E-state index contributed by atoms with van der Waals surface area (Å²) in [4.78, 5) is 0. The van der Waals surface area contributed by atoms with E-state index in [0.717, 1.165) is 0 Å². The zero-order chi connectivity index (χ0) is 18.6. The van der Waals surface area contributed by atoms with E-state index in [1.54, 1.807) is 0 Å². The number of alkyl halides is 9. The second-order valence-corrected chi connectivity index (χ2v) is 10.2. The van der Waals surface area contributed by atoms with Crippen LogP contribution < -0.4 is 0 Å². The molecule has 0 spiro atoms. The van der Waals surface area contributed by atoms with Gasteiger partial charge < -0.3 is 0 Å². The topological polar surface area (TPSA) is 102 Å². The first-order valence-corrected chi connectivity index (χ1v) is 8.66. The highest BCUT2D eigenvalue weighted by Gasteiger charge is 2.73. The average molecular weight is 540 g/mol. The van der Waals surface area contributed by atoms with E-state index in [2.05, 4.69) is 0 Å². The monoisotopic (exact) mass is 540 g/mol. The molecule has 23 heavy (non-hydrogen) atoms. The smallest absolute Gasteiger partial charge is 0.217 e. The summed E-state index contributed by atoms with van der Waals surface area (Å²) in [5, 5.41) is 0. The lowest BCUT2D eigenvalue weighted by atomic mass is 11.5. The Hall–Kier alpha value is -0.0500. The molecule has 0 aliphatic rings. The van der Waals surface area contributed by atoms with Gasteiger partial charge in [0.15, 0.2) is 0 Å². The van der Waals surface area contributed by atoms with E-state index in [1.807, 2.05) is 0 Å². The van der Waals surface area contributed by atoms with Gasteiger partial charge in [0, 0.05) is 0 Å². The normalized spacial score (nSPS) is 15.4. The van der Waals surface area contributed by atoms with Gasteiger partial charge in [-0.3, -0.25) is 0 Å². The molecule has 0 N–H and O–H groups in total. The van der Waals surface area contributed by atoms with Gasteiger partial charge in [0.25, 0.3) is 33.4 Å². The maximum absolute atomic E-state index is 12.1. The van der Waals surface area contributed by atoms with Gasteiger partial charge in [-0.15, -0.1) is 24.0 Å². The van der Waals surface area contributed by atoms with Crippen molar-refractivity contribution in [1.82, 2.24) is 0 Å². The van der Waals surface area contributed by atoms with Crippen molar-refractivity contribution in [2.75, 3.05) is 0 Å². The number of hydrogen-bond acceptors (Lipinski definition) is 6. The Bertz CT molecular complexity index is 634. The molecule has 0 unspecified atom stereocenters. The van der Waals surface area contributed by atoms with Crippen LogP contribution in [-0.2, 0) is 29.5 Å². The Labute approximate surface area is 138 Å². The number of sulfone groups is 3. The van der Waals surface area contributed by atoms with E-state index >= 15 is 0 Å². The lowest BCUT2D eigenvalue weighted by molar-refractivity contribution is -0.0490. The molecular weight excluding hydrogens is 538 g/mol. The van der Waals surface area contributed by atoms with Crippen molar-refractivity contribution in [3.05, 3.63) is 0 Å². The molecule has 0 atom stereocenters. The van der Waals surface area contributed by atoms with E-state index in [4.69, 9.17) is 0 Å². The molecule has 0 aromatic rings. The molecule has 0 radical (unpaired) electrons. The van der Waals surface area contributed by atoms with Gasteiger partial charge in [-0.1, -0.05) is 0 Å². The van der Waals surface area contributed by atoms with Crippen LogP contribution in [-0.4, -0.2) is 45.7 Å². The van der Waals surface area contributed by atoms with E-state index < -0.39 is 50.0 Å². The Morgan fingerprint density at radius 3 is 0.696 bits per heavy atom. The molecule has 142 valence electrons. The lowest BCUT2D eigenvalue weighted by Crippen LogP contribution is -2.52. The average Bonchev–Trinajstić information content (AvgIpc) is 2.09. The van der Waals surface area contributed by atoms with Gasteiger partial charge in [0.2, 0.25) is 0 Å². The van der Waals surface area contributed by atoms with Gasteiger partial charge in [-0.25, -0.2) is 25.3 Å². The van der Waals surface area contributed by atoms with Crippen LogP contribution in [0.15, 0.2) is 0 Å². The Balaban J connectivity index is 0. The Morgan fingerprint density at radius 2 is 0.609 bits per heavy atom. The molecule has 0 aliphatic carbocycles. The van der Waals surface area contributed by atoms with Crippen LogP contribution in [0.2, 0.25) is 0 Å². The van der Waals surface area contributed by atoms with Crippen LogP contribution in [0.4, 0.5) is 39.5 Å². The van der Waals surface area contributed by atoms with Crippen molar-refractivity contribution in [3.8, 4) is 0 Å². The second kappa shape index (κ2) is 6.35. The number of halogens is 10. The van der Waals surface area contributed by atoms with Gasteiger partial charge in [0.1, 0.15) is 0 Å². The highest BCUT2D eigenvalue weighted by Crippen LogP contribution is 2.42. The molecule has 0 saturated heterocycles. The lowest BCUT2D eigenvalue weighted by Gasteiger charge is -2.21. The minimum absolute atomic E-state index is 0. The molecular formula is C4H2F9IO6S3.